The smallest absolute Gasteiger partial charge is 0.413 e. The molecule has 2 amide bonds. The number of rotatable bonds is 5. The van der Waals surface area contributed by atoms with Gasteiger partial charge in [-0.2, -0.15) is 0 Å². The highest BCUT2D eigenvalue weighted by Crippen LogP contribution is 2.21. The first kappa shape index (κ1) is 19.2. The molecular formula is C19H22N2O5. The first-order valence-electron chi connectivity index (χ1n) is 8.23. The van der Waals surface area contributed by atoms with Gasteiger partial charge in [0.2, 0.25) is 0 Å². The van der Waals surface area contributed by atoms with Gasteiger partial charge >= 0.3 is 12.1 Å². The van der Waals surface area contributed by atoms with Crippen LogP contribution in [0.1, 0.15) is 34.2 Å². The predicted molar refractivity (Wildman–Crippen MR) is 95.4 cm³/mol. The zero-order valence-electron chi connectivity index (χ0n) is 15.3. The van der Waals surface area contributed by atoms with Crippen molar-refractivity contribution in [3.8, 4) is 5.69 Å². The Morgan fingerprint density at radius 2 is 1.69 bits per heavy atom. The number of amides is 2. The minimum atomic E-state index is -0.869. The van der Waals surface area contributed by atoms with E-state index in [2.05, 4.69) is 4.74 Å². The van der Waals surface area contributed by atoms with Crippen LogP contribution in [0, 0.1) is 20.8 Å². The van der Waals surface area contributed by atoms with Crippen LogP contribution in [0.4, 0.5) is 4.79 Å². The Balaban J connectivity index is 2.08. The number of carbonyl (C=O) groups excluding carboxylic acids is 3. The van der Waals surface area contributed by atoms with Gasteiger partial charge < -0.3 is 14.0 Å². The molecule has 1 heterocycles. The molecule has 0 atom stereocenters. The molecule has 0 saturated carbocycles. The minimum absolute atomic E-state index is 0.143. The maximum absolute atomic E-state index is 12.3. The Morgan fingerprint density at radius 1 is 1.04 bits per heavy atom. The van der Waals surface area contributed by atoms with Crippen molar-refractivity contribution in [3.63, 3.8) is 0 Å². The van der Waals surface area contributed by atoms with E-state index in [9.17, 15) is 14.4 Å². The Labute approximate surface area is 151 Å². The summed E-state index contributed by atoms with van der Waals surface area (Å²) in [6.45, 7) is 6.90. The van der Waals surface area contributed by atoms with E-state index in [1.807, 2.05) is 54.9 Å². The third kappa shape index (κ3) is 4.50. The highest BCUT2D eigenvalue weighted by molar-refractivity contribution is 5.96. The standard InChI is InChI=1S/C19H22N2O5/c1-5-25-19(24)20-17(22)11-26-18(23)16-10-13(3)21(14(16)4)15-8-6-12(2)7-9-15/h6-10H,5,11H2,1-4H3,(H,20,22,24). The molecule has 1 aromatic carbocycles. The number of hydrogen-bond donors (Lipinski definition) is 1. The summed E-state index contributed by atoms with van der Waals surface area (Å²) in [6, 6.07) is 9.63. The predicted octanol–water partition coefficient (Wildman–Crippen LogP) is 2.83. The molecular weight excluding hydrogens is 336 g/mol. The average Bonchev–Trinajstić information content (AvgIpc) is 2.88. The molecule has 2 rings (SSSR count). The van der Waals surface area contributed by atoms with Crippen LogP contribution >= 0.6 is 0 Å². The Kier molecular flexibility index (Phi) is 6.16. The van der Waals surface area contributed by atoms with Gasteiger partial charge in [-0.1, -0.05) is 17.7 Å². The summed E-state index contributed by atoms with van der Waals surface area (Å²) in [4.78, 5) is 35.0. The quantitative estimate of drug-likeness (QED) is 0.831. The number of ether oxygens (including phenoxy) is 2. The second kappa shape index (κ2) is 8.33. The molecule has 0 spiro atoms. The van der Waals surface area contributed by atoms with Crippen molar-refractivity contribution in [2.45, 2.75) is 27.7 Å². The summed E-state index contributed by atoms with van der Waals surface area (Å²) in [5.41, 5.74) is 4.02. The number of alkyl carbamates (subject to hydrolysis) is 1. The highest BCUT2D eigenvalue weighted by atomic mass is 16.6. The van der Waals surface area contributed by atoms with Crippen LogP contribution in [0.3, 0.4) is 0 Å². The molecule has 0 saturated heterocycles. The molecule has 7 heteroatoms. The van der Waals surface area contributed by atoms with Crippen molar-refractivity contribution in [1.29, 1.82) is 0 Å². The van der Waals surface area contributed by atoms with Crippen molar-refractivity contribution >= 4 is 18.0 Å². The number of carbonyl (C=O) groups is 3. The van der Waals surface area contributed by atoms with Crippen molar-refractivity contribution in [2.75, 3.05) is 13.2 Å². The summed E-state index contributed by atoms with van der Waals surface area (Å²) in [5, 5.41) is 1.97. The lowest BCUT2D eigenvalue weighted by Crippen LogP contribution is -2.34. The summed E-state index contributed by atoms with van der Waals surface area (Å²) in [5.74, 6) is -1.38. The maximum atomic E-state index is 12.3. The van der Waals surface area contributed by atoms with Gasteiger partial charge in [0.25, 0.3) is 5.91 Å². The topological polar surface area (TPSA) is 86.6 Å². The third-order valence-electron chi connectivity index (χ3n) is 3.79. The highest BCUT2D eigenvalue weighted by Gasteiger charge is 2.19. The monoisotopic (exact) mass is 358 g/mol. The van der Waals surface area contributed by atoms with Crippen LogP contribution in [0.2, 0.25) is 0 Å². The molecule has 26 heavy (non-hydrogen) atoms. The van der Waals surface area contributed by atoms with E-state index in [0.29, 0.717) is 11.3 Å². The Bertz CT molecular complexity index is 821. The van der Waals surface area contributed by atoms with E-state index in [0.717, 1.165) is 16.9 Å². The van der Waals surface area contributed by atoms with E-state index in [-0.39, 0.29) is 6.61 Å². The van der Waals surface area contributed by atoms with Gasteiger partial charge in [0.1, 0.15) is 0 Å². The molecule has 1 N–H and O–H groups in total. The Hall–Kier alpha value is -3.09. The lowest BCUT2D eigenvalue weighted by molar-refractivity contribution is -0.123. The normalized spacial score (nSPS) is 10.3. The summed E-state index contributed by atoms with van der Waals surface area (Å²) < 4.78 is 11.5. The fraction of sp³-hybridized carbons (Fsp3) is 0.316. The largest absolute Gasteiger partial charge is 0.452 e. The van der Waals surface area contributed by atoms with Crippen LogP contribution in [0.25, 0.3) is 5.69 Å². The SMILES string of the molecule is CCOC(=O)NC(=O)COC(=O)c1cc(C)n(-c2ccc(C)cc2)c1C. The average molecular weight is 358 g/mol. The van der Waals surface area contributed by atoms with Gasteiger partial charge in [-0.15, -0.1) is 0 Å². The molecule has 7 nitrogen and oxygen atoms in total. The fourth-order valence-corrected chi connectivity index (χ4v) is 2.59. The number of benzene rings is 1. The minimum Gasteiger partial charge on any atom is -0.452 e. The van der Waals surface area contributed by atoms with Crippen molar-refractivity contribution in [2.24, 2.45) is 0 Å². The molecule has 0 aliphatic heterocycles. The van der Waals surface area contributed by atoms with E-state index in [4.69, 9.17) is 4.74 Å². The molecule has 0 fully saturated rings. The molecule has 0 unspecified atom stereocenters. The second-order valence-electron chi connectivity index (χ2n) is 5.80. The number of esters is 1. The van der Waals surface area contributed by atoms with Crippen LogP contribution in [-0.4, -0.2) is 35.8 Å². The van der Waals surface area contributed by atoms with Gasteiger partial charge in [-0.05, 0) is 45.9 Å². The van der Waals surface area contributed by atoms with Crippen LogP contribution in [0.5, 0.6) is 0 Å². The first-order chi connectivity index (χ1) is 12.3. The lowest BCUT2D eigenvalue weighted by Gasteiger charge is -2.10. The number of nitrogens with one attached hydrogen (secondary N) is 1. The first-order valence-corrected chi connectivity index (χ1v) is 8.23. The van der Waals surface area contributed by atoms with Crippen molar-refractivity contribution in [1.82, 2.24) is 9.88 Å². The number of hydrogen-bond acceptors (Lipinski definition) is 5. The number of nitrogens with zero attached hydrogens (tertiary/aromatic N) is 1. The molecule has 0 aliphatic carbocycles. The molecule has 138 valence electrons. The molecule has 1 aromatic heterocycles. The number of imide groups is 1. The number of aryl methyl sites for hydroxylation is 2. The van der Waals surface area contributed by atoms with Gasteiger partial charge in [0.05, 0.1) is 12.2 Å². The lowest BCUT2D eigenvalue weighted by atomic mass is 10.2. The van der Waals surface area contributed by atoms with Gasteiger partial charge in [0, 0.05) is 17.1 Å². The van der Waals surface area contributed by atoms with Crippen molar-refractivity contribution in [3.05, 3.63) is 52.8 Å². The molecule has 0 radical (unpaired) electrons. The maximum Gasteiger partial charge on any atom is 0.413 e. The van der Waals surface area contributed by atoms with E-state index in [1.54, 1.807) is 13.0 Å². The molecule has 0 bridgehead atoms. The van der Waals surface area contributed by atoms with Gasteiger partial charge in [0.15, 0.2) is 6.61 Å². The summed E-state index contributed by atoms with van der Waals surface area (Å²) >= 11 is 0. The zero-order valence-corrected chi connectivity index (χ0v) is 15.3. The zero-order chi connectivity index (χ0) is 19.3. The van der Waals surface area contributed by atoms with Gasteiger partial charge in [-0.25, -0.2) is 9.59 Å². The van der Waals surface area contributed by atoms with E-state index < -0.39 is 24.6 Å². The van der Waals surface area contributed by atoms with Crippen LogP contribution in [0.15, 0.2) is 30.3 Å². The van der Waals surface area contributed by atoms with Crippen molar-refractivity contribution < 1.29 is 23.9 Å². The molecule has 0 aliphatic rings. The Morgan fingerprint density at radius 3 is 2.31 bits per heavy atom. The van der Waals surface area contributed by atoms with Crippen LogP contribution in [-0.2, 0) is 14.3 Å². The molecule has 2 aromatic rings. The fourth-order valence-electron chi connectivity index (χ4n) is 2.59. The summed E-state index contributed by atoms with van der Waals surface area (Å²) in [7, 11) is 0. The third-order valence-corrected chi connectivity index (χ3v) is 3.79. The van der Waals surface area contributed by atoms with E-state index in [1.165, 1.54) is 0 Å². The van der Waals surface area contributed by atoms with Gasteiger partial charge in [-0.3, -0.25) is 10.1 Å². The second-order valence-corrected chi connectivity index (χ2v) is 5.80. The number of aromatic nitrogens is 1. The summed E-state index contributed by atoms with van der Waals surface area (Å²) in [6.07, 6.45) is -0.869. The van der Waals surface area contributed by atoms with Crippen LogP contribution < -0.4 is 5.32 Å². The van der Waals surface area contributed by atoms with E-state index >= 15 is 0 Å².